The molecule has 2 atom stereocenters. The van der Waals surface area contributed by atoms with Crippen LogP contribution in [-0.2, 0) is 6.42 Å². The number of benzene rings is 1. The normalized spacial score (nSPS) is 16.9. The van der Waals surface area contributed by atoms with Gasteiger partial charge in [-0.1, -0.05) is 58.4 Å². The first-order chi connectivity index (χ1) is 7.86. The third-order valence-electron chi connectivity index (χ3n) is 3.88. The summed E-state index contributed by atoms with van der Waals surface area (Å²) in [5, 5.41) is 10.4. The van der Waals surface area contributed by atoms with Crippen LogP contribution in [0.2, 0.25) is 0 Å². The molecule has 1 aromatic rings. The van der Waals surface area contributed by atoms with Crippen molar-refractivity contribution in [2.24, 2.45) is 5.92 Å². The van der Waals surface area contributed by atoms with Gasteiger partial charge >= 0.3 is 0 Å². The summed E-state index contributed by atoms with van der Waals surface area (Å²) >= 11 is 0. The van der Waals surface area contributed by atoms with Gasteiger partial charge in [0.2, 0.25) is 0 Å². The van der Waals surface area contributed by atoms with Gasteiger partial charge in [-0.15, -0.1) is 0 Å². The molecule has 1 rings (SSSR count). The highest BCUT2D eigenvalue weighted by molar-refractivity contribution is 5.25. The zero-order chi connectivity index (χ0) is 13.1. The summed E-state index contributed by atoms with van der Waals surface area (Å²) in [4.78, 5) is 0. The van der Waals surface area contributed by atoms with E-state index in [9.17, 15) is 5.11 Å². The second-order valence-electron chi connectivity index (χ2n) is 5.74. The third kappa shape index (κ3) is 3.85. The third-order valence-corrected chi connectivity index (χ3v) is 3.88. The van der Waals surface area contributed by atoms with E-state index in [0.29, 0.717) is 11.8 Å². The molecule has 0 aliphatic rings. The van der Waals surface area contributed by atoms with E-state index in [4.69, 9.17) is 0 Å². The molecule has 0 heterocycles. The van der Waals surface area contributed by atoms with E-state index in [2.05, 4.69) is 52.0 Å². The second kappa shape index (κ2) is 5.68. The zero-order valence-electron chi connectivity index (χ0n) is 11.8. The molecule has 0 aromatic heterocycles. The van der Waals surface area contributed by atoms with Gasteiger partial charge in [-0.3, -0.25) is 0 Å². The van der Waals surface area contributed by atoms with E-state index < -0.39 is 5.60 Å². The Labute approximate surface area is 106 Å². The summed E-state index contributed by atoms with van der Waals surface area (Å²) in [5.41, 5.74) is 1.98. The lowest BCUT2D eigenvalue weighted by molar-refractivity contribution is 0.00517. The second-order valence-corrected chi connectivity index (χ2v) is 5.74. The Morgan fingerprint density at radius 3 is 2.06 bits per heavy atom. The molecule has 1 heteroatoms. The molecule has 0 aliphatic carbocycles. The average Bonchev–Trinajstić information content (AvgIpc) is 2.28. The summed E-state index contributed by atoms with van der Waals surface area (Å²) in [6.07, 6.45) is 1.75. The Balaban J connectivity index is 2.75. The van der Waals surface area contributed by atoms with Crippen LogP contribution in [0, 0.1) is 5.92 Å². The maximum atomic E-state index is 10.4. The quantitative estimate of drug-likeness (QED) is 0.811. The molecule has 17 heavy (non-hydrogen) atoms. The van der Waals surface area contributed by atoms with E-state index >= 15 is 0 Å². The molecule has 0 bridgehead atoms. The van der Waals surface area contributed by atoms with Gasteiger partial charge in [0.05, 0.1) is 5.60 Å². The van der Waals surface area contributed by atoms with Crippen LogP contribution < -0.4 is 0 Å². The van der Waals surface area contributed by atoms with Crippen molar-refractivity contribution in [3.05, 3.63) is 35.4 Å². The Morgan fingerprint density at radius 2 is 1.65 bits per heavy atom. The highest BCUT2D eigenvalue weighted by Crippen LogP contribution is 2.25. The maximum Gasteiger partial charge on any atom is 0.0685 e. The molecule has 96 valence electrons. The van der Waals surface area contributed by atoms with E-state index in [1.54, 1.807) is 0 Å². The molecule has 0 saturated heterocycles. The Morgan fingerprint density at radius 1 is 1.12 bits per heavy atom. The topological polar surface area (TPSA) is 20.2 Å². The monoisotopic (exact) mass is 234 g/mol. The van der Waals surface area contributed by atoms with Crippen LogP contribution in [0.5, 0.6) is 0 Å². The molecule has 0 fully saturated rings. The van der Waals surface area contributed by atoms with Crippen LogP contribution in [0.25, 0.3) is 0 Å². The number of aliphatic hydroxyl groups is 1. The lowest BCUT2D eigenvalue weighted by Gasteiger charge is -2.29. The summed E-state index contributed by atoms with van der Waals surface area (Å²) in [6.45, 7) is 10.6. The predicted octanol–water partition coefficient (Wildman–Crippen LogP) is 4.15. The maximum absolute atomic E-state index is 10.4. The predicted molar refractivity (Wildman–Crippen MR) is 74.3 cm³/mol. The molecule has 0 aliphatic heterocycles. The first-order valence-electron chi connectivity index (χ1n) is 6.68. The van der Waals surface area contributed by atoms with Crippen molar-refractivity contribution in [2.45, 2.75) is 59.0 Å². The highest BCUT2D eigenvalue weighted by Gasteiger charge is 2.27. The van der Waals surface area contributed by atoms with Crippen molar-refractivity contribution in [1.29, 1.82) is 0 Å². The van der Waals surface area contributed by atoms with Gasteiger partial charge in [0.25, 0.3) is 0 Å². The number of rotatable bonds is 5. The SMILES string of the molecule is CCC(C)C(C)(O)Cc1ccc(C(C)C)cc1. The molecular formula is C16H26O. The van der Waals surface area contributed by atoms with E-state index in [-0.39, 0.29) is 0 Å². The van der Waals surface area contributed by atoms with Crippen molar-refractivity contribution in [3.63, 3.8) is 0 Å². The fraction of sp³-hybridized carbons (Fsp3) is 0.625. The first kappa shape index (κ1) is 14.2. The fourth-order valence-corrected chi connectivity index (χ4v) is 2.05. The van der Waals surface area contributed by atoms with Crippen molar-refractivity contribution >= 4 is 0 Å². The molecule has 1 N–H and O–H groups in total. The van der Waals surface area contributed by atoms with Crippen LogP contribution in [0.15, 0.2) is 24.3 Å². The first-order valence-corrected chi connectivity index (χ1v) is 6.68. The van der Waals surface area contributed by atoms with Crippen LogP contribution in [0.1, 0.15) is 58.1 Å². The summed E-state index contributed by atoms with van der Waals surface area (Å²) in [7, 11) is 0. The van der Waals surface area contributed by atoms with E-state index in [0.717, 1.165) is 12.8 Å². The lowest BCUT2D eigenvalue weighted by atomic mass is 9.83. The molecule has 0 amide bonds. The van der Waals surface area contributed by atoms with Crippen molar-refractivity contribution in [3.8, 4) is 0 Å². The van der Waals surface area contributed by atoms with Crippen molar-refractivity contribution < 1.29 is 5.11 Å². The van der Waals surface area contributed by atoms with Gasteiger partial charge in [0.15, 0.2) is 0 Å². The van der Waals surface area contributed by atoms with Crippen molar-refractivity contribution in [2.75, 3.05) is 0 Å². The number of hydrogen-bond acceptors (Lipinski definition) is 1. The molecule has 0 saturated carbocycles. The Hall–Kier alpha value is -0.820. The van der Waals surface area contributed by atoms with E-state index in [1.807, 2.05) is 6.92 Å². The minimum absolute atomic E-state index is 0.326. The Kier molecular flexibility index (Phi) is 4.76. The summed E-state index contributed by atoms with van der Waals surface area (Å²) < 4.78 is 0. The fourth-order valence-electron chi connectivity index (χ4n) is 2.05. The zero-order valence-corrected chi connectivity index (χ0v) is 11.8. The van der Waals surface area contributed by atoms with Gasteiger partial charge in [0, 0.05) is 6.42 Å². The van der Waals surface area contributed by atoms with E-state index in [1.165, 1.54) is 11.1 Å². The van der Waals surface area contributed by atoms with Crippen LogP contribution >= 0.6 is 0 Å². The minimum atomic E-state index is -0.603. The minimum Gasteiger partial charge on any atom is -0.390 e. The molecule has 0 radical (unpaired) electrons. The van der Waals surface area contributed by atoms with Crippen molar-refractivity contribution in [1.82, 2.24) is 0 Å². The van der Waals surface area contributed by atoms with Gasteiger partial charge in [-0.2, -0.15) is 0 Å². The summed E-state index contributed by atoms with van der Waals surface area (Å²) in [5.74, 6) is 0.895. The van der Waals surface area contributed by atoms with Gasteiger partial charge in [0.1, 0.15) is 0 Å². The summed E-state index contributed by atoms with van der Waals surface area (Å²) in [6, 6.07) is 8.64. The largest absolute Gasteiger partial charge is 0.390 e. The average molecular weight is 234 g/mol. The molecule has 0 spiro atoms. The molecular weight excluding hydrogens is 208 g/mol. The molecule has 1 nitrogen and oxygen atoms in total. The smallest absolute Gasteiger partial charge is 0.0685 e. The Bertz CT molecular complexity index is 335. The van der Waals surface area contributed by atoms with Crippen LogP contribution in [0.3, 0.4) is 0 Å². The van der Waals surface area contributed by atoms with Gasteiger partial charge < -0.3 is 5.11 Å². The van der Waals surface area contributed by atoms with Gasteiger partial charge in [-0.05, 0) is 29.9 Å². The molecule has 1 aromatic carbocycles. The molecule has 2 unspecified atom stereocenters. The lowest BCUT2D eigenvalue weighted by Crippen LogP contribution is -2.34. The van der Waals surface area contributed by atoms with Gasteiger partial charge in [-0.25, -0.2) is 0 Å². The van der Waals surface area contributed by atoms with Crippen LogP contribution in [-0.4, -0.2) is 10.7 Å². The number of hydrogen-bond donors (Lipinski definition) is 1. The highest BCUT2D eigenvalue weighted by atomic mass is 16.3. The van der Waals surface area contributed by atoms with Crippen LogP contribution in [0.4, 0.5) is 0 Å². The standard InChI is InChI=1S/C16H26O/c1-6-13(4)16(5,17)11-14-7-9-15(10-8-14)12(2)3/h7-10,12-13,17H,6,11H2,1-5H3.